The van der Waals surface area contributed by atoms with E-state index in [2.05, 4.69) is 14.5 Å². The molecule has 0 atom stereocenters. The zero-order valence-corrected chi connectivity index (χ0v) is 10.9. The minimum Gasteiger partial charge on any atom is -0.409 e. The molecule has 0 saturated carbocycles. The predicted octanol–water partition coefficient (Wildman–Crippen LogP) is 1.69. The summed E-state index contributed by atoms with van der Waals surface area (Å²) in [5.41, 5.74) is 5.66. The molecule has 0 saturated heterocycles. The predicted molar refractivity (Wildman–Crippen MR) is 69.6 cm³/mol. The maximum atomic E-state index is 10.7. The lowest BCUT2D eigenvalue weighted by Gasteiger charge is -2.05. The van der Waals surface area contributed by atoms with E-state index < -0.39 is 4.92 Å². The second-order valence-corrected chi connectivity index (χ2v) is 5.30. The molecule has 0 unspecified atom stereocenters. The highest BCUT2D eigenvalue weighted by Gasteiger charge is 2.15. The standard InChI is InChI=1S/C9H7N5O3S2/c10-8(13-15)6-3-5(14(16)17)1-2-7(6)18-9-11-4-12-19-9/h1-4,15H,(H2,10,13). The van der Waals surface area contributed by atoms with E-state index in [1.165, 1.54) is 47.8 Å². The van der Waals surface area contributed by atoms with E-state index in [4.69, 9.17) is 10.9 Å². The van der Waals surface area contributed by atoms with Crippen LogP contribution in [0.2, 0.25) is 0 Å². The molecule has 19 heavy (non-hydrogen) atoms. The van der Waals surface area contributed by atoms with Crippen molar-refractivity contribution < 1.29 is 10.1 Å². The smallest absolute Gasteiger partial charge is 0.270 e. The van der Waals surface area contributed by atoms with Gasteiger partial charge < -0.3 is 10.9 Å². The Morgan fingerprint density at radius 3 is 2.95 bits per heavy atom. The summed E-state index contributed by atoms with van der Waals surface area (Å²) in [6, 6.07) is 4.12. The number of oxime groups is 1. The fourth-order valence-electron chi connectivity index (χ4n) is 1.28. The number of benzene rings is 1. The molecule has 2 rings (SSSR count). The molecule has 98 valence electrons. The van der Waals surface area contributed by atoms with Gasteiger partial charge in [-0.1, -0.05) is 16.9 Å². The van der Waals surface area contributed by atoms with Crippen LogP contribution in [-0.2, 0) is 0 Å². The van der Waals surface area contributed by atoms with E-state index in [-0.39, 0.29) is 17.1 Å². The van der Waals surface area contributed by atoms with Gasteiger partial charge in [-0.2, -0.15) is 4.37 Å². The summed E-state index contributed by atoms with van der Waals surface area (Å²) in [5, 5.41) is 22.3. The third kappa shape index (κ3) is 2.98. The van der Waals surface area contributed by atoms with Gasteiger partial charge in [-0.25, -0.2) is 4.98 Å². The van der Waals surface area contributed by atoms with Crippen molar-refractivity contribution in [2.45, 2.75) is 9.24 Å². The highest BCUT2D eigenvalue weighted by molar-refractivity contribution is 8.01. The van der Waals surface area contributed by atoms with E-state index in [0.717, 1.165) is 0 Å². The topological polar surface area (TPSA) is 128 Å². The number of amidine groups is 1. The zero-order chi connectivity index (χ0) is 13.8. The molecule has 2 aromatic rings. The molecule has 1 heterocycles. The zero-order valence-electron chi connectivity index (χ0n) is 9.26. The largest absolute Gasteiger partial charge is 0.409 e. The SMILES string of the molecule is NC(=NO)c1cc([N+](=O)[O-])ccc1Sc1ncns1. The summed E-state index contributed by atoms with van der Waals surface area (Å²) < 4.78 is 4.50. The molecular weight excluding hydrogens is 290 g/mol. The third-order valence-corrected chi connectivity index (χ3v) is 3.89. The van der Waals surface area contributed by atoms with Gasteiger partial charge in [0.05, 0.1) is 4.92 Å². The average molecular weight is 297 g/mol. The molecule has 0 amide bonds. The Bertz CT molecular complexity index is 629. The van der Waals surface area contributed by atoms with Crippen LogP contribution in [0.3, 0.4) is 0 Å². The summed E-state index contributed by atoms with van der Waals surface area (Å²) in [4.78, 5) is 14.8. The molecule has 8 nitrogen and oxygen atoms in total. The number of nitrogens with two attached hydrogens (primary N) is 1. The number of hydrogen-bond acceptors (Lipinski definition) is 8. The van der Waals surface area contributed by atoms with Gasteiger partial charge in [0.1, 0.15) is 6.33 Å². The molecule has 3 N–H and O–H groups in total. The van der Waals surface area contributed by atoms with Crippen LogP contribution in [0.15, 0.2) is 38.9 Å². The number of non-ortho nitro benzene ring substituents is 1. The molecule has 0 radical (unpaired) electrons. The highest BCUT2D eigenvalue weighted by atomic mass is 32.2. The lowest BCUT2D eigenvalue weighted by Crippen LogP contribution is -2.14. The maximum Gasteiger partial charge on any atom is 0.270 e. The second kappa shape index (κ2) is 5.63. The lowest BCUT2D eigenvalue weighted by atomic mass is 10.2. The van der Waals surface area contributed by atoms with Crippen molar-refractivity contribution in [2.24, 2.45) is 10.9 Å². The van der Waals surface area contributed by atoms with Gasteiger partial charge >= 0.3 is 0 Å². The quantitative estimate of drug-likeness (QED) is 0.289. The first-order valence-corrected chi connectivity index (χ1v) is 6.41. The lowest BCUT2D eigenvalue weighted by molar-refractivity contribution is -0.384. The fourth-order valence-corrected chi connectivity index (χ4v) is 2.80. The van der Waals surface area contributed by atoms with Crippen molar-refractivity contribution in [3.05, 3.63) is 40.2 Å². The number of nitrogens with zero attached hydrogens (tertiary/aromatic N) is 4. The maximum absolute atomic E-state index is 10.7. The average Bonchev–Trinajstić information content (AvgIpc) is 2.91. The van der Waals surface area contributed by atoms with Crippen LogP contribution in [0.25, 0.3) is 0 Å². The van der Waals surface area contributed by atoms with Gasteiger partial charge in [0.2, 0.25) is 0 Å². The highest BCUT2D eigenvalue weighted by Crippen LogP contribution is 2.32. The van der Waals surface area contributed by atoms with E-state index in [1.54, 1.807) is 0 Å². The Labute approximate surface area is 115 Å². The Morgan fingerprint density at radius 1 is 1.58 bits per heavy atom. The van der Waals surface area contributed by atoms with Gasteiger partial charge in [0.25, 0.3) is 5.69 Å². The first-order valence-electron chi connectivity index (χ1n) is 4.82. The van der Waals surface area contributed by atoms with Crippen LogP contribution in [-0.4, -0.2) is 25.3 Å². The molecule has 10 heteroatoms. The van der Waals surface area contributed by atoms with Crippen molar-refractivity contribution in [3.8, 4) is 0 Å². The van der Waals surface area contributed by atoms with Gasteiger partial charge in [0.15, 0.2) is 10.2 Å². The van der Waals surface area contributed by atoms with Crippen molar-refractivity contribution >= 4 is 34.8 Å². The Morgan fingerprint density at radius 2 is 2.37 bits per heavy atom. The monoisotopic (exact) mass is 297 g/mol. The first kappa shape index (κ1) is 13.2. The molecule has 0 spiro atoms. The summed E-state index contributed by atoms with van der Waals surface area (Å²) in [7, 11) is 0. The third-order valence-electron chi connectivity index (χ3n) is 2.10. The van der Waals surface area contributed by atoms with E-state index in [9.17, 15) is 10.1 Å². The minimum absolute atomic E-state index is 0.136. The van der Waals surface area contributed by atoms with Crippen LogP contribution in [0.1, 0.15) is 5.56 Å². The number of rotatable bonds is 4. The Balaban J connectivity index is 2.44. The molecule has 1 aromatic carbocycles. The van der Waals surface area contributed by atoms with Crippen LogP contribution in [0.4, 0.5) is 5.69 Å². The van der Waals surface area contributed by atoms with Crippen molar-refractivity contribution in [1.82, 2.24) is 9.36 Å². The van der Waals surface area contributed by atoms with Crippen molar-refractivity contribution in [3.63, 3.8) is 0 Å². The number of nitro groups is 1. The molecule has 0 aliphatic rings. The molecular formula is C9H7N5O3S2. The molecule has 0 aliphatic heterocycles. The van der Waals surface area contributed by atoms with Crippen molar-refractivity contribution in [1.29, 1.82) is 0 Å². The summed E-state index contributed by atoms with van der Waals surface area (Å²) in [6.07, 6.45) is 1.40. The minimum atomic E-state index is -0.548. The summed E-state index contributed by atoms with van der Waals surface area (Å²) in [5.74, 6) is -0.198. The van der Waals surface area contributed by atoms with Crippen LogP contribution >= 0.6 is 23.3 Å². The number of aromatic nitrogens is 2. The van der Waals surface area contributed by atoms with E-state index in [1.807, 2.05) is 0 Å². The molecule has 0 fully saturated rings. The molecule has 1 aromatic heterocycles. The van der Waals surface area contributed by atoms with Crippen LogP contribution in [0, 0.1) is 10.1 Å². The van der Waals surface area contributed by atoms with E-state index >= 15 is 0 Å². The van der Waals surface area contributed by atoms with Gasteiger partial charge in [-0.15, -0.1) is 0 Å². The van der Waals surface area contributed by atoms with E-state index in [0.29, 0.717) is 9.24 Å². The van der Waals surface area contributed by atoms with Gasteiger partial charge in [-0.3, -0.25) is 10.1 Å². The van der Waals surface area contributed by atoms with Crippen LogP contribution < -0.4 is 5.73 Å². The molecule has 0 aliphatic carbocycles. The summed E-state index contributed by atoms with van der Waals surface area (Å²) >= 11 is 2.42. The number of hydrogen-bond donors (Lipinski definition) is 2. The fraction of sp³-hybridized carbons (Fsp3) is 0. The van der Waals surface area contributed by atoms with Gasteiger partial charge in [0, 0.05) is 22.6 Å². The molecule has 0 bridgehead atoms. The Hall–Kier alpha value is -2.20. The van der Waals surface area contributed by atoms with Crippen molar-refractivity contribution in [2.75, 3.05) is 0 Å². The van der Waals surface area contributed by atoms with Gasteiger partial charge in [-0.05, 0) is 17.6 Å². The second-order valence-electron chi connectivity index (χ2n) is 3.23. The summed E-state index contributed by atoms with van der Waals surface area (Å²) in [6.45, 7) is 0. The first-order chi connectivity index (χ1) is 9.11. The van der Waals surface area contributed by atoms with Crippen LogP contribution in [0.5, 0.6) is 0 Å². The normalized spacial score (nSPS) is 11.5. The number of nitro benzene ring substituents is 1. The Kier molecular flexibility index (Phi) is 3.92.